The number of hydrogen-bond donors (Lipinski definition) is 0. The van der Waals surface area contributed by atoms with Crippen LogP contribution in [0.4, 0.5) is 0 Å². The second-order valence-electron chi connectivity index (χ2n) is 7.59. The Labute approximate surface area is 167 Å². The Kier molecular flexibility index (Phi) is 6.70. The van der Waals surface area contributed by atoms with Crippen LogP contribution in [-0.4, -0.2) is 69.3 Å². The van der Waals surface area contributed by atoms with E-state index in [9.17, 15) is 4.79 Å². The number of ether oxygens (including phenoxy) is 2. The maximum Gasteiger partial charge on any atom is 0.254 e. The second kappa shape index (κ2) is 9.22. The highest BCUT2D eigenvalue weighted by Crippen LogP contribution is 2.34. The smallest absolute Gasteiger partial charge is 0.254 e. The number of nitrogens with zero attached hydrogens (tertiary/aromatic N) is 2. The SMILES string of the molecule is Cc1cc(C(=O)N2CCOCC2)cc(-c2c(C)cccc2OCCN(C)C)c1. The topological polar surface area (TPSA) is 42.0 Å². The quantitative estimate of drug-likeness (QED) is 0.768. The largest absolute Gasteiger partial charge is 0.492 e. The summed E-state index contributed by atoms with van der Waals surface area (Å²) in [6.45, 7) is 8.08. The van der Waals surface area contributed by atoms with Gasteiger partial charge >= 0.3 is 0 Å². The molecule has 0 N–H and O–H groups in total. The fourth-order valence-electron chi connectivity index (χ4n) is 3.47. The summed E-state index contributed by atoms with van der Waals surface area (Å²) in [4.78, 5) is 17.0. The van der Waals surface area contributed by atoms with Gasteiger partial charge in [0.05, 0.1) is 13.2 Å². The Balaban J connectivity index is 1.93. The number of hydrogen-bond acceptors (Lipinski definition) is 4. The molecule has 5 nitrogen and oxygen atoms in total. The van der Waals surface area contributed by atoms with E-state index in [1.165, 1.54) is 0 Å². The summed E-state index contributed by atoms with van der Waals surface area (Å²) in [7, 11) is 4.06. The van der Waals surface area contributed by atoms with E-state index in [2.05, 4.69) is 24.0 Å². The zero-order chi connectivity index (χ0) is 20.1. The predicted molar refractivity (Wildman–Crippen MR) is 112 cm³/mol. The van der Waals surface area contributed by atoms with Crippen molar-refractivity contribution >= 4 is 5.91 Å². The Bertz CT molecular complexity index is 827. The molecule has 0 saturated carbocycles. The van der Waals surface area contributed by atoms with E-state index in [1.54, 1.807) is 0 Å². The van der Waals surface area contributed by atoms with Crippen molar-refractivity contribution in [1.82, 2.24) is 9.80 Å². The molecule has 0 aliphatic carbocycles. The van der Waals surface area contributed by atoms with E-state index in [0.717, 1.165) is 40.1 Å². The summed E-state index contributed by atoms with van der Waals surface area (Å²) < 4.78 is 11.5. The van der Waals surface area contributed by atoms with Gasteiger partial charge in [0.1, 0.15) is 12.4 Å². The van der Waals surface area contributed by atoms with Gasteiger partial charge in [-0.1, -0.05) is 18.2 Å². The molecule has 1 heterocycles. The summed E-state index contributed by atoms with van der Waals surface area (Å²) in [5.74, 6) is 0.925. The van der Waals surface area contributed by atoms with Gasteiger partial charge in [-0.15, -0.1) is 0 Å². The molecule has 150 valence electrons. The lowest BCUT2D eigenvalue weighted by atomic mass is 9.95. The predicted octanol–water partition coefficient (Wildman–Crippen LogP) is 3.38. The van der Waals surface area contributed by atoms with Crippen molar-refractivity contribution in [2.24, 2.45) is 0 Å². The molecule has 0 bridgehead atoms. The molecule has 1 saturated heterocycles. The molecule has 2 aromatic rings. The first-order valence-corrected chi connectivity index (χ1v) is 9.82. The fourth-order valence-corrected chi connectivity index (χ4v) is 3.47. The number of carbonyl (C=O) groups excluding carboxylic acids is 1. The molecule has 0 unspecified atom stereocenters. The summed E-state index contributed by atoms with van der Waals surface area (Å²) in [6.07, 6.45) is 0. The Morgan fingerprint density at radius 2 is 1.89 bits per heavy atom. The highest BCUT2D eigenvalue weighted by molar-refractivity contribution is 5.96. The van der Waals surface area contributed by atoms with Crippen LogP contribution in [-0.2, 0) is 4.74 Å². The molecular weight excluding hydrogens is 352 g/mol. The molecule has 1 fully saturated rings. The minimum Gasteiger partial charge on any atom is -0.492 e. The lowest BCUT2D eigenvalue weighted by Gasteiger charge is -2.27. The molecule has 1 aliphatic rings. The van der Waals surface area contributed by atoms with Crippen LogP contribution < -0.4 is 4.74 Å². The van der Waals surface area contributed by atoms with Gasteiger partial charge in [-0.25, -0.2) is 0 Å². The third-order valence-electron chi connectivity index (χ3n) is 4.94. The zero-order valence-corrected chi connectivity index (χ0v) is 17.3. The summed E-state index contributed by atoms with van der Waals surface area (Å²) in [5.41, 5.74) is 5.00. The summed E-state index contributed by atoms with van der Waals surface area (Å²) in [6, 6.07) is 12.2. The maximum absolute atomic E-state index is 13.0. The van der Waals surface area contributed by atoms with Crippen LogP contribution in [0.15, 0.2) is 36.4 Å². The van der Waals surface area contributed by atoms with Crippen molar-refractivity contribution in [3.8, 4) is 16.9 Å². The molecule has 0 radical (unpaired) electrons. The second-order valence-corrected chi connectivity index (χ2v) is 7.59. The highest BCUT2D eigenvalue weighted by Gasteiger charge is 2.20. The van der Waals surface area contributed by atoms with Crippen LogP contribution >= 0.6 is 0 Å². The van der Waals surface area contributed by atoms with Crippen LogP contribution in [0.2, 0.25) is 0 Å². The van der Waals surface area contributed by atoms with Crippen LogP contribution in [0.3, 0.4) is 0 Å². The minimum absolute atomic E-state index is 0.0666. The van der Waals surface area contributed by atoms with Crippen molar-refractivity contribution in [1.29, 1.82) is 0 Å². The number of likely N-dealkylation sites (N-methyl/N-ethyl adjacent to an activating group) is 1. The molecule has 1 aliphatic heterocycles. The van der Waals surface area contributed by atoms with Gasteiger partial charge in [0.2, 0.25) is 0 Å². The normalized spacial score (nSPS) is 14.4. The average Bonchev–Trinajstić information content (AvgIpc) is 2.67. The molecule has 1 amide bonds. The Morgan fingerprint density at radius 3 is 2.61 bits per heavy atom. The van der Waals surface area contributed by atoms with Crippen molar-refractivity contribution in [3.05, 3.63) is 53.1 Å². The number of benzene rings is 2. The molecule has 0 aromatic heterocycles. The van der Waals surface area contributed by atoms with Crippen molar-refractivity contribution in [2.45, 2.75) is 13.8 Å². The van der Waals surface area contributed by atoms with Gasteiger partial charge in [0.25, 0.3) is 5.91 Å². The molecule has 0 spiro atoms. The third-order valence-corrected chi connectivity index (χ3v) is 4.94. The first-order chi connectivity index (χ1) is 13.5. The number of morpholine rings is 1. The van der Waals surface area contributed by atoms with Gasteiger partial charge in [-0.05, 0) is 62.8 Å². The zero-order valence-electron chi connectivity index (χ0n) is 17.3. The van der Waals surface area contributed by atoms with Gasteiger partial charge in [0, 0.05) is 30.8 Å². The summed E-state index contributed by atoms with van der Waals surface area (Å²) >= 11 is 0. The van der Waals surface area contributed by atoms with Crippen LogP contribution in [0.25, 0.3) is 11.1 Å². The molecule has 5 heteroatoms. The monoisotopic (exact) mass is 382 g/mol. The molecule has 2 aromatic carbocycles. The molecular formula is C23H30N2O3. The first kappa shape index (κ1) is 20.4. The van der Waals surface area contributed by atoms with E-state index in [0.29, 0.717) is 32.9 Å². The van der Waals surface area contributed by atoms with E-state index < -0.39 is 0 Å². The van der Waals surface area contributed by atoms with Gasteiger partial charge in [0.15, 0.2) is 0 Å². The van der Waals surface area contributed by atoms with Crippen molar-refractivity contribution in [2.75, 3.05) is 53.6 Å². The van der Waals surface area contributed by atoms with E-state index in [-0.39, 0.29) is 5.91 Å². The standard InChI is InChI=1S/C23H30N2O3/c1-17-14-19(16-20(15-17)23(26)25-9-11-27-12-10-25)22-18(2)6-5-7-21(22)28-13-8-24(3)4/h5-7,14-16H,8-13H2,1-4H3. The van der Waals surface area contributed by atoms with Crippen LogP contribution in [0, 0.1) is 13.8 Å². The molecule has 3 rings (SSSR count). The fraction of sp³-hybridized carbons (Fsp3) is 0.435. The van der Waals surface area contributed by atoms with Crippen LogP contribution in [0.1, 0.15) is 21.5 Å². The Morgan fingerprint density at radius 1 is 1.14 bits per heavy atom. The summed E-state index contributed by atoms with van der Waals surface area (Å²) in [5, 5.41) is 0. The highest BCUT2D eigenvalue weighted by atomic mass is 16.5. The van der Waals surface area contributed by atoms with E-state index in [1.807, 2.05) is 50.2 Å². The van der Waals surface area contributed by atoms with Gasteiger partial charge in [-0.2, -0.15) is 0 Å². The average molecular weight is 383 g/mol. The number of aryl methyl sites for hydroxylation is 2. The van der Waals surface area contributed by atoms with Crippen molar-refractivity contribution < 1.29 is 14.3 Å². The lowest BCUT2D eigenvalue weighted by Crippen LogP contribution is -2.40. The molecule has 0 atom stereocenters. The first-order valence-electron chi connectivity index (χ1n) is 9.82. The Hall–Kier alpha value is -2.37. The number of amides is 1. The lowest BCUT2D eigenvalue weighted by molar-refractivity contribution is 0.0303. The van der Waals surface area contributed by atoms with E-state index >= 15 is 0 Å². The maximum atomic E-state index is 13.0. The molecule has 28 heavy (non-hydrogen) atoms. The van der Waals surface area contributed by atoms with Crippen molar-refractivity contribution in [3.63, 3.8) is 0 Å². The van der Waals surface area contributed by atoms with Crippen LogP contribution in [0.5, 0.6) is 5.75 Å². The van der Waals surface area contributed by atoms with E-state index in [4.69, 9.17) is 9.47 Å². The van der Waals surface area contributed by atoms with Gasteiger partial charge in [-0.3, -0.25) is 4.79 Å². The third kappa shape index (κ3) is 4.91. The minimum atomic E-state index is 0.0666. The number of rotatable bonds is 6. The number of carbonyl (C=O) groups is 1. The van der Waals surface area contributed by atoms with Gasteiger partial charge < -0.3 is 19.3 Å².